The first kappa shape index (κ1) is 205. The first-order valence-corrected chi connectivity index (χ1v) is 31.9. The summed E-state index contributed by atoms with van der Waals surface area (Å²) >= 11 is 0. The van der Waals surface area contributed by atoms with E-state index in [1.165, 1.54) is 19.3 Å². The lowest BCUT2D eigenvalue weighted by atomic mass is 10.1. The van der Waals surface area contributed by atoms with Crippen LogP contribution in [0.2, 0.25) is 0 Å². The Labute approximate surface area is 733 Å². The summed E-state index contributed by atoms with van der Waals surface area (Å²) in [6, 6.07) is 0. The Balaban J connectivity index is -0.0000000279. The van der Waals surface area contributed by atoms with Crippen molar-refractivity contribution in [2.24, 2.45) is 0 Å². The number of rotatable bonds is 7. The lowest BCUT2D eigenvalue weighted by Crippen LogP contribution is -2.02. The molecule has 60 heteroatoms. The number of hydrogen-bond donors (Lipinski definition) is 29. The standard InChI is InChI=1S/C10H20O2.29C2H4O2/c1-3-5-6-7-8-9-10(11)12-4-2;29*1-2(3)4/h3-9H2,1-2H3;29*1H3,(H,3,4). The normalized spacial score (nSPS) is 6.59. The van der Waals surface area contributed by atoms with Crippen molar-refractivity contribution in [3.63, 3.8) is 0 Å². The number of carbonyl (C=O) groups is 30. The molecular formula is C68H136O60. The first-order chi connectivity index (χ1) is 56.0. The zero-order chi connectivity index (χ0) is 113. The average molecular weight is 1910 g/mol. The molecule has 0 aliphatic carbocycles. The van der Waals surface area contributed by atoms with Crippen LogP contribution in [0.1, 0.15) is 253 Å². The van der Waals surface area contributed by atoms with Crippen molar-refractivity contribution < 1.29 is 297 Å². The topological polar surface area (TPSA) is 1110 Å². The van der Waals surface area contributed by atoms with E-state index in [0.29, 0.717) is 13.0 Å². The van der Waals surface area contributed by atoms with Gasteiger partial charge in [0.15, 0.2) is 0 Å². The molecule has 0 aliphatic heterocycles. The monoisotopic (exact) mass is 1910 g/mol. The fourth-order valence-electron chi connectivity index (χ4n) is 1.11. The molecule has 0 spiro atoms. The van der Waals surface area contributed by atoms with Gasteiger partial charge in [0, 0.05) is 207 Å². The number of carboxylic acid groups (broad SMARTS) is 29. The van der Waals surface area contributed by atoms with Crippen molar-refractivity contribution in [1.29, 1.82) is 0 Å². The van der Waals surface area contributed by atoms with Gasteiger partial charge >= 0.3 is 5.97 Å². The van der Waals surface area contributed by atoms with Crippen LogP contribution in [0.15, 0.2) is 0 Å². The highest BCUT2D eigenvalue weighted by molar-refractivity contribution is 5.70. The van der Waals surface area contributed by atoms with Crippen LogP contribution in [0.25, 0.3) is 0 Å². The predicted octanol–water partition coefficient (Wildman–Crippen LogP) is 5.55. The molecule has 0 rings (SSSR count). The second-order valence-electron chi connectivity index (χ2n) is 18.0. The SMILES string of the molecule is CC(=O)O.CC(=O)O.CC(=O)O.CC(=O)O.CC(=O)O.CC(=O)O.CC(=O)O.CC(=O)O.CC(=O)O.CC(=O)O.CC(=O)O.CC(=O)O.CC(=O)O.CC(=O)O.CC(=O)O.CC(=O)O.CC(=O)O.CC(=O)O.CC(=O)O.CC(=O)O.CC(=O)O.CC(=O)O.CC(=O)O.CC(=O)O.CC(=O)O.CC(=O)O.CC(=O)O.CC(=O)O.CC(=O)O.CCCCCCCC(=O)OCC. The minimum atomic E-state index is -0.833. The molecule has 0 bridgehead atoms. The summed E-state index contributed by atoms with van der Waals surface area (Å²) < 4.78 is 4.81. The van der Waals surface area contributed by atoms with Gasteiger partial charge < -0.3 is 153 Å². The smallest absolute Gasteiger partial charge is 0.305 e. The Hall–Kier alpha value is -15.9. The number of ether oxygens (including phenoxy) is 1. The van der Waals surface area contributed by atoms with Gasteiger partial charge in [-0.2, -0.15) is 0 Å². The molecule has 0 atom stereocenters. The van der Waals surface area contributed by atoms with Crippen molar-refractivity contribution in [3.8, 4) is 0 Å². The fourth-order valence-corrected chi connectivity index (χ4v) is 1.11. The molecule has 0 saturated carbocycles. The van der Waals surface area contributed by atoms with E-state index < -0.39 is 173 Å². The molecule has 0 radical (unpaired) electrons. The summed E-state index contributed by atoms with van der Waals surface area (Å²) in [7, 11) is 0. The van der Waals surface area contributed by atoms with Crippen LogP contribution in [0.4, 0.5) is 0 Å². The van der Waals surface area contributed by atoms with E-state index in [1.807, 2.05) is 6.92 Å². The van der Waals surface area contributed by atoms with E-state index in [9.17, 15) is 4.79 Å². The number of unbranched alkanes of at least 4 members (excludes halogenated alkanes) is 4. The number of hydrogen-bond acceptors (Lipinski definition) is 31. The summed E-state index contributed by atoms with van der Waals surface area (Å²) in [6.45, 7) is 36.0. The van der Waals surface area contributed by atoms with Crippen LogP contribution in [-0.4, -0.2) is 334 Å². The zero-order valence-electron chi connectivity index (χ0n) is 76.6. The Bertz CT molecular complexity index is 1890. The third kappa shape index (κ3) is 37600. The van der Waals surface area contributed by atoms with Gasteiger partial charge in [-0.25, -0.2) is 0 Å². The summed E-state index contributed by atoms with van der Waals surface area (Å²) in [5, 5.41) is 215. The lowest BCUT2D eigenvalue weighted by Gasteiger charge is -2.00. The largest absolute Gasteiger partial charge is 0.481 e. The Kier molecular flexibility index (Phi) is 320. The molecule has 0 fully saturated rings. The summed E-state index contributed by atoms with van der Waals surface area (Å²) in [6.07, 6.45) is 6.52. The van der Waals surface area contributed by atoms with E-state index in [2.05, 4.69) is 6.92 Å². The first-order valence-electron chi connectivity index (χ1n) is 31.9. The van der Waals surface area contributed by atoms with Gasteiger partial charge in [0.1, 0.15) is 0 Å². The molecule has 0 aromatic carbocycles. The minimum Gasteiger partial charge on any atom is -0.481 e. The third-order valence-electron chi connectivity index (χ3n) is 1.79. The van der Waals surface area contributed by atoms with Crippen molar-refractivity contribution in [1.82, 2.24) is 0 Å². The van der Waals surface area contributed by atoms with Crippen LogP contribution in [0, 0.1) is 0 Å². The Morgan fingerprint density at radius 3 is 0.250 bits per heavy atom. The van der Waals surface area contributed by atoms with E-state index in [1.54, 1.807) is 0 Å². The second kappa shape index (κ2) is 200. The van der Waals surface area contributed by atoms with Crippen LogP contribution in [-0.2, 0) is 149 Å². The Morgan fingerprint density at radius 1 is 0.133 bits per heavy atom. The van der Waals surface area contributed by atoms with Crippen LogP contribution >= 0.6 is 0 Å². The number of carboxylic acids is 29. The maximum atomic E-state index is 10.9. The molecule has 0 unspecified atom stereocenters. The lowest BCUT2D eigenvalue weighted by molar-refractivity contribution is -0.144. The van der Waals surface area contributed by atoms with Gasteiger partial charge in [0.05, 0.1) is 6.61 Å². The molecule has 128 heavy (non-hydrogen) atoms. The van der Waals surface area contributed by atoms with Crippen molar-refractivity contribution in [2.45, 2.75) is 253 Å². The van der Waals surface area contributed by atoms with Gasteiger partial charge in [0.2, 0.25) is 0 Å². The van der Waals surface area contributed by atoms with Crippen LogP contribution in [0.3, 0.4) is 0 Å². The quantitative estimate of drug-likeness (QED) is 0.110. The highest BCUT2D eigenvalue weighted by Gasteiger charge is 1.99. The molecule has 60 nitrogen and oxygen atoms in total. The van der Waals surface area contributed by atoms with Crippen molar-refractivity contribution in [2.75, 3.05) is 6.61 Å². The van der Waals surface area contributed by atoms with Gasteiger partial charge in [-0.1, -0.05) is 32.6 Å². The van der Waals surface area contributed by atoms with E-state index in [-0.39, 0.29) is 5.97 Å². The minimum absolute atomic E-state index is 0.0472. The number of esters is 1. The molecule has 0 heterocycles. The maximum Gasteiger partial charge on any atom is 0.305 e. The molecule has 768 valence electrons. The van der Waals surface area contributed by atoms with Gasteiger partial charge in [0.25, 0.3) is 173 Å². The predicted molar refractivity (Wildman–Crippen MR) is 436 cm³/mol. The second-order valence-corrected chi connectivity index (χ2v) is 18.0. The average Bonchev–Trinajstić information content (AvgIpc) is 1.07. The van der Waals surface area contributed by atoms with Gasteiger partial charge in [-0.05, 0) is 13.3 Å². The van der Waals surface area contributed by atoms with Crippen molar-refractivity contribution in [3.05, 3.63) is 0 Å². The van der Waals surface area contributed by atoms with E-state index in [4.69, 9.17) is 292 Å². The third-order valence-corrected chi connectivity index (χ3v) is 1.79. The molecule has 0 saturated heterocycles. The number of aliphatic carboxylic acids is 29. The summed E-state index contributed by atoms with van der Waals surface area (Å²) in [5.41, 5.74) is 0. The van der Waals surface area contributed by atoms with Gasteiger partial charge in [-0.15, -0.1) is 0 Å². The fraction of sp³-hybridized carbons (Fsp3) is 0.559. The molecule has 0 amide bonds. The number of carbonyl (C=O) groups excluding carboxylic acids is 1. The van der Waals surface area contributed by atoms with E-state index >= 15 is 0 Å². The van der Waals surface area contributed by atoms with Gasteiger partial charge in [-0.3, -0.25) is 144 Å². The zero-order valence-corrected chi connectivity index (χ0v) is 76.6. The molecule has 0 aliphatic rings. The Morgan fingerprint density at radius 2 is 0.195 bits per heavy atom. The van der Waals surface area contributed by atoms with Crippen LogP contribution in [0.5, 0.6) is 0 Å². The molecule has 0 aromatic rings. The summed E-state index contributed by atoms with van der Waals surface area (Å²) in [4.78, 5) is 272. The summed E-state index contributed by atoms with van der Waals surface area (Å²) in [5.74, 6) is -24.2. The highest BCUT2D eigenvalue weighted by atomic mass is 16.5. The maximum absolute atomic E-state index is 10.9. The molecule has 0 aromatic heterocycles. The molecular weight excluding hydrogens is 1780 g/mol. The van der Waals surface area contributed by atoms with Crippen molar-refractivity contribution >= 4 is 179 Å². The highest BCUT2D eigenvalue weighted by Crippen LogP contribution is 2.05. The van der Waals surface area contributed by atoms with Crippen LogP contribution < -0.4 is 0 Å². The van der Waals surface area contributed by atoms with E-state index in [0.717, 1.165) is 214 Å². The molecule has 29 N–H and O–H groups in total.